The number of rotatable bonds is 3. The van der Waals surface area contributed by atoms with E-state index in [1.54, 1.807) is 4.90 Å². The quantitative estimate of drug-likeness (QED) is 0.923. The molecule has 2 fully saturated rings. The smallest absolute Gasteiger partial charge is 0.311 e. The highest BCUT2D eigenvalue weighted by molar-refractivity contribution is 5.82. The molecule has 2 heterocycles. The molecule has 2 aliphatic rings. The number of hydrogen-bond donors (Lipinski definition) is 1. The number of ether oxygens (including phenoxy) is 1. The maximum Gasteiger partial charge on any atom is 0.311 e. The normalized spacial score (nSPS) is 26.9. The highest BCUT2D eigenvalue weighted by Crippen LogP contribution is 2.42. The number of likely N-dealkylation sites (tertiary alicyclic amines) is 1. The highest BCUT2D eigenvalue weighted by Gasteiger charge is 2.54. The second-order valence-corrected chi connectivity index (χ2v) is 6.86. The van der Waals surface area contributed by atoms with Gasteiger partial charge in [-0.1, -0.05) is 23.8 Å². The molecule has 1 aromatic rings. The molecular formula is C18H23NO4. The molecule has 0 saturated carbocycles. The second kappa shape index (κ2) is 5.96. The summed E-state index contributed by atoms with van der Waals surface area (Å²) in [7, 11) is 0. The number of aliphatic carboxylic acids is 1. The van der Waals surface area contributed by atoms with Gasteiger partial charge >= 0.3 is 5.97 Å². The zero-order valence-electron chi connectivity index (χ0n) is 13.7. The molecular weight excluding hydrogens is 294 g/mol. The number of carbonyl (C=O) groups excluding carboxylic acids is 1. The summed E-state index contributed by atoms with van der Waals surface area (Å²) < 4.78 is 5.44. The van der Waals surface area contributed by atoms with Gasteiger partial charge in [-0.3, -0.25) is 9.59 Å². The molecule has 23 heavy (non-hydrogen) atoms. The first-order chi connectivity index (χ1) is 10.9. The van der Waals surface area contributed by atoms with Gasteiger partial charge in [0.1, 0.15) is 0 Å². The molecule has 0 aliphatic carbocycles. The van der Waals surface area contributed by atoms with Crippen LogP contribution in [0.4, 0.5) is 0 Å². The summed E-state index contributed by atoms with van der Waals surface area (Å²) in [6.45, 7) is 5.68. The Morgan fingerprint density at radius 2 is 2.17 bits per heavy atom. The van der Waals surface area contributed by atoms with Crippen molar-refractivity contribution >= 4 is 11.9 Å². The number of fused-ring (bicyclic) bond motifs is 1. The Balaban J connectivity index is 1.76. The number of carbonyl (C=O) groups is 2. The predicted molar refractivity (Wildman–Crippen MR) is 85.2 cm³/mol. The Bertz CT molecular complexity index is 642. The molecule has 124 valence electrons. The van der Waals surface area contributed by atoms with E-state index in [9.17, 15) is 14.7 Å². The predicted octanol–water partition coefficient (Wildman–Crippen LogP) is 1.80. The Morgan fingerprint density at radius 3 is 2.87 bits per heavy atom. The zero-order valence-corrected chi connectivity index (χ0v) is 13.7. The first-order valence-electron chi connectivity index (χ1n) is 8.07. The molecule has 1 aromatic carbocycles. The molecule has 0 spiro atoms. The van der Waals surface area contributed by atoms with E-state index in [1.165, 1.54) is 0 Å². The number of nitrogens with zero attached hydrogens (tertiary/aromatic N) is 1. The van der Waals surface area contributed by atoms with Crippen LogP contribution >= 0.6 is 0 Å². The third-order valence-electron chi connectivity index (χ3n) is 5.33. The fraction of sp³-hybridized carbons (Fsp3) is 0.556. The molecule has 1 N–H and O–H groups in total. The molecule has 0 bridgehead atoms. The molecule has 0 radical (unpaired) electrons. The minimum atomic E-state index is -0.824. The number of amides is 1. The first-order valence-corrected chi connectivity index (χ1v) is 8.07. The monoisotopic (exact) mass is 317 g/mol. The van der Waals surface area contributed by atoms with Gasteiger partial charge < -0.3 is 14.7 Å². The van der Waals surface area contributed by atoms with Gasteiger partial charge in [0.05, 0.1) is 18.4 Å². The molecule has 2 saturated heterocycles. The standard InChI is InChI=1S/C18H23NO4/c1-12-3-4-13(2)14(7-12)8-16(20)19-9-15-10-23-6-5-18(15,11-19)17(21)22/h3-4,7,15H,5-6,8-11H2,1-2H3,(H,21,22)/t15-,18+/m1/s1. The Kier molecular flexibility index (Phi) is 4.15. The van der Waals surface area contributed by atoms with Crippen molar-refractivity contribution in [2.45, 2.75) is 26.7 Å². The minimum absolute atomic E-state index is 0.00808. The van der Waals surface area contributed by atoms with Gasteiger partial charge in [0.2, 0.25) is 5.91 Å². The van der Waals surface area contributed by atoms with E-state index >= 15 is 0 Å². The molecule has 1 amide bonds. The van der Waals surface area contributed by atoms with Crippen LogP contribution in [0.3, 0.4) is 0 Å². The van der Waals surface area contributed by atoms with Crippen LogP contribution in [-0.2, 0) is 20.7 Å². The number of carboxylic acids is 1. The number of carboxylic acid groups (broad SMARTS) is 1. The fourth-order valence-corrected chi connectivity index (χ4v) is 3.75. The number of hydrogen-bond acceptors (Lipinski definition) is 3. The van der Waals surface area contributed by atoms with Crippen molar-refractivity contribution in [2.75, 3.05) is 26.3 Å². The van der Waals surface area contributed by atoms with Crippen molar-refractivity contribution in [1.82, 2.24) is 4.90 Å². The average Bonchev–Trinajstić information content (AvgIpc) is 2.92. The lowest BCUT2D eigenvalue weighted by atomic mass is 9.74. The topological polar surface area (TPSA) is 66.8 Å². The maximum atomic E-state index is 12.7. The highest BCUT2D eigenvalue weighted by atomic mass is 16.5. The van der Waals surface area contributed by atoms with Crippen LogP contribution in [0.25, 0.3) is 0 Å². The minimum Gasteiger partial charge on any atom is -0.481 e. The van der Waals surface area contributed by atoms with Crippen molar-refractivity contribution in [3.8, 4) is 0 Å². The SMILES string of the molecule is Cc1ccc(C)c(CC(=O)N2C[C@@H]3COCC[C@]3(C(=O)O)C2)c1. The van der Waals surface area contributed by atoms with Gasteiger partial charge in [-0.15, -0.1) is 0 Å². The Hall–Kier alpha value is -1.88. The van der Waals surface area contributed by atoms with Gasteiger partial charge in [-0.2, -0.15) is 0 Å². The van der Waals surface area contributed by atoms with Crippen molar-refractivity contribution in [2.24, 2.45) is 11.3 Å². The summed E-state index contributed by atoms with van der Waals surface area (Å²) >= 11 is 0. The Labute approximate surface area is 136 Å². The van der Waals surface area contributed by atoms with Crippen molar-refractivity contribution < 1.29 is 19.4 Å². The van der Waals surface area contributed by atoms with Crippen LogP contribution in [0.15, 0.2) is 18.2 Å². The van der Waals surface area contributed by atoms with E-state index in [4.69, 9.17) is 4.74 Å². The molecule has 3 rings (SSSR count). The van der Waals surface area contributed by atoms with Crippen molar-refractivity contribution in [3.05, 3.63) is 34.9 Å². The summed E-state index contributed by atoms with van der Waals surface area (Å²) in [4.78, 5) is 26.2. The van der Waals surface area contributed by atoms with Gasteiger partial charge in [-0.05, 0) is 31.4 Å². The van der Waals surface area contributed by atoms with E-state index in [0.29, 0.717) is 39.1 Å². The summed E-state index contributed by atoms with van der Waals surface area (Å²) in [5.41, 5.74) is 2.42. The van der Waals surface area contributed by atoms with E-state index in [1.807, 2.05) is 32.0 Å². The van der Waals surface area contributed by atoms with E-state index < -0.39 is 11.4 Å². The maximum absolute atomic E-state index is 12.7. The van der Waals surface area contributed by atoms with E-state index in [2.05, 4.69) is 0 Å². The number of aryl methyl sites for hydroxylation is 2. The third kappa shape index (κ3) is 2.85. The van der Waals surface area contributed by atoms with E-state index in [-0.39, 0.29) is 11.8 Å². The van der Waals surface area contributed by atoms with Crippen molar-refractivity contribution in [3.63, 3.8) is 0 Å². The lowest BCUT2D eigenvalue weighted by molar-refractivity contribution is -0.157. The van der Waals surface area contributed by atoms with Gasteiger partial charge in [0.15, 0.2) is 0 Å². The summed E-state index contributed by atoms with van der Waals surface area (Å²) in [6, 6.07) is 6.09. The van der Waals surface area contributed by atoms with Crippen LogP contribution in [0.5, 0.6) is 0 Å². The zero-order chi connectivity index (χ0) is 16.6. The van der Waals surface area contributed by atoms with Crippen LogP contribution in [0, 0.1) is 25.2 Å². The average molecular weight is 317 g/mol. The molecule has 0 aromatic heterocycles. The van der Waals surface area contributed by atoms with Crippen LogP contribution in [0.1, 0.15) is 23.1 Å². The fourth-order valence-electron chi connectivity index (χ4n) is 3.75. The summed E-state index contributed by atoms with van der Waals surface area (Å²) in [6.07, 6.45) is 0.817. The Morgan fingerprint density at radius 1 is 1.39 bits per heavy atom. The van der Waals surface area contributed by atoms with Gasteiger partial charge in [0.25, 0.3) is 0 Å². The molecule has 2 aliphatic heterocycles. The molecule has 5 heteroatoms. The van der Waals surface area contributed by atoms with Crippen molar-refractivity contribution in [1.29, 1.82) is 0 Å². The van der Waals surface area contributed by atoms with Crippen LogP contribution < -0.4 is 0 Å². The molecule has 5 nitrogen and oxygen atoms in total. The lowest BCUT2D eigenvalue weighted by Gasteiger charge is -2.33. The third-order valence-corrected chi connectivity index (χ3v) is 5.33. The van der Waals surface area contributed by atoms with Gasteiger partial charge in [0, 0.05) is 25.6 Å². The second-order valence-electron chi connectivity index (χ2n) is 6.86. The van der Waals surface area contributed by atoms with Crippen LogP contribution in [0.2, 0.25) is 0 Å². The lowest BCUT2D eigenvalue weighted by Crippen LogP contribution is -2.45. The molecule has 0 unspecified atom stereocenters. The largest absolute Gasteiger partial charge is 0.481 e. The summed E-state index contributed by atoms with van der Waals surface area (Å²) in [5.74, 6) is -0.891. The van der Waals surface area contributed by atoms with E-state index in [0.717, 1.165) is 16.7 Å². The van der Waals surface area contributed by atoms with Crippen LogP contribution in [-0.4, -0.2) is 48.2 Å². The van der Waals surface area contributed by atoms with Gasteiger partial charge in [-0.25, -0.2) is 0 Å². The molecule has 2 atom stereocenters. The summed E-state index contributed by atoms with van der Waals surface area (Å²) in [5, 5.41) is 9.68. The number of benzene rings is 1. The first kappa shape index (κ1) is 16.0.